The summed E-state index contributed by atoms with van der Waals surface area (Å²) in [5.41, 5.74) is 7.75. The Kier molecular flexibility index (Phi) is 2.92. The van der Waals surface area contributed by atoms with Crippen molar-refractivity contribution in [2.45, 2.75) is 26.2 Å². The lowest BCUT2D eigenvalue weighted by atomic mass is 10.0. The van der Waals surface area contributed by atoms with Gasteiger partial charge in [-0.25, -0.2) is 4.98 Å². The smallest absolute Gasteiger partial charge is 0.266 e. The predicted molar refractivity (Wildman–Crippen MR) is 85.5 cm³/mol. The summed E-state index contributed by atoms with van der Waals surface area (Å²) in [6, 6.07) is 3.92. The highest BCUT2D eigenvalue weighted by molar-refractivity contribution is 7.21. The Morgan fingerprint density at radius 1 is 1.33 bits per heavy atom. The molecule has 2 unspecified atom stereocenters. The van der Waals surface area contributed by atoms with Crippen molar-refractivity contribution in [3.8, 4) is 0 Å². The molecule has 1 amide bonds. The second-order valence-corrected chi connectivity index (χ2v) is 7.31. The van der Waals surface area contributed by atoms with Crippen LogP contribution in [0.3, 0.4) is 0 Å². The molecular weight excluding hydrogens is 282 g/mol. The van der Waals surface area contributed by atoms with Crippen LogP contribution in [0, 0.1) is 18.8 Å². The van der Waals surface area contributed by atoms with Gasteiger partial charge in [0.1, 0.15) is 9.71 Å². The van der Waals surface area contributed by atoms with Crippen molar-refractivity contribution in [2.75, 3.05) is 18.8 Å². The predicted octanol–water partition coefficient (Wildman–Crippen LogP) is 3.06. The summed E-state index contributed by atoms with van der Waals surface area (Å²) in [4.78, 5) is 20.8. The summed E-state index contributed by atoms with van der Waals surface area (Å²) >= 11 is 1.43. The van der Waals surface area contributed by atoms with Gasteiger partial charge < -0.3 is 10.6 Å². The Hall–Kier alpha value is -1.62. The number of pyridine rings is 1. The van der Waals surface area contributed by atoms with Crippen molar-refractivity contribution in [2.24, 2.45) is 11.8 Å². The molecule has 1 saturated carbocycles. The maximum atomic E-state index is 12.8. The number of carbonyl (C=O) groups is 1. The molecule has 4 rings (SSSR count). The van der Waals surface area contributed by atoms with E-state index in [0.717, 1.165) is 29.0 Å². The number of rotatable bonds is 1. The van der Waals surface area contributed by atoms with E-state index >= 15 is 0 Å². The minimum Gasteiger partial charge on any atom is -0.397 e. The number of likely N-dealkylation sites (tertiary alicyclic amines) is 1. The number of nitrogen functional groups attached to an aromatic ring is 1. The molecule has 0 aromatic carbocycles. The summed E-state index contributed by atoms with van der Waals surface area (Å²) in [6.07, 6.45) is 3.87. The van der Waals surface area contributed by atoms with Gasteiger partial charge >= 0.3 is 0 Å². The van der Waals surface area contributed by atoms with E-state index in [9.17, 15) is 4.79 Å². The number of hydrogen-bond donors (Lipinski definition) is 1. The maximum Gasteiger partial charge on any atom is 0.266 e. The zero-order valence-electron chi connectivity index (χ0n) is 12.1. The number of aromatic nitrogens is 1. The quantitative estimate of drug-likeness (QED) is 0.880. The number of nitrogens with two attached hydrogens (primary N) is 1. The zero-order chi connectivity index (χ0) is 14.6. The van der Waals surface area contributed by atoms with E-state index in [1.165, 1.54) is 30.6 Å². The first-order chi connectivity index (χ1) is 10.1. The highest BCUT2D eigenvalue weighted by atomic mass is 32.1. The molecular formula is C16H19N3OS. The van der Waals surface area contributed by atoms with Crippen LogP contribution in [0.15, 0.2) is 12.1 Å². The van der Waals surface area contributed by atoms with Gasteiger partial charge in [-0.15, -0.1) is 11.3 Å². The molecule has 2 atom stereocenters. The summed E-state index contributed by atoms with van der Waals surface area (Å²) in [5.74, 6) is 1.53. The highest BCUT2D eigenvalue weighted by Gasteiger charge is 2.39. The molecule has 2 N–H and O–H groups in total. The molecule has 21 heavy (non-hydrogen) atoms. The highest BCUT2D eigenvalue weighted by Crippen LogP contribution is 2.40. The van der Waals surface area contributed by atoms with E-state index in [2.05, 4.69) is 4.98 Å². The van der Waals surface area contributed by atoms with Crippen molar-refractivity contribution in [3.05, 3.63) is 22.7 Å². The van der Waals surface area contributed by atoms with E-state index in [4.69, 9.17) is 5.73 Å². The van der Waals surface area contributed by atoms with Crippen LogP contribution < -0.4 is 5.73 Å². The minimum atomic E-state index is 0.0996. The summed E-state index contributed by atoms with van der Waals surface area (Å²) in [6.45, 7) is 3.77. The molecule has 2 fully saturated rings. The third kappa shape index (κ3) is 2.02. The molecule has 1 saturated heterocycles. The lowest BCUT2D eigenvalue weighted by Crippen LogP contribution is -2.29. The molecule has 1 aliphatic heterocycles. The fourth-order valence-corrected chi connectivity index (χ4v) is 4.90. The first-order valence-corrected chi connectivity index (χ1v) is 8.40. The molecule has 110 valence electrons. The van der Waals surface area contributed by atoms with Crippen LogP contribution in [-0.2, 0) is 0 Å². The number of fused-ring (bicyclic) bond motifs is 2. The summed E-state index contributed by atoms with van der Waals surface area (Å²) in [5, 5.41) is 0.911. The van der Waals surface area contributed by atoms with Gasteiger partial charge in [0, 0.05) is 24.2 Å². The van der Waals surface area contributed by atoms with Crippen LogP contribution in [0.25, 0.3) is 10.2 Å². The number of thiophene rings is 1. The maximum absolute atomic E-state index is 12.8. The average molecular weight is 301 g/mol. The van der Waals surface area contributed by atoms with Gasteiger partial charge in [-0.3, -0.25) is 4.79 Å². The molecule has 4 nitrogen and oxygen atoms in total. The Bertz CT molecular complexity index is 712. The molecule has 3 heterocycles. The fraction of sp³-hybridized carbons (Fsp3) is 0.500. The molecule has 0 radical (unpaired) electrons. The molecule has 0 bridgehead atoms. The normalized spacial score (nSPS) is 24.7. The average Bonchev–Trinajstić information content (AvgIpc) is 3.11. The fourth-order valence-electron chi connectivity index (χ4n) is 3.79. The van der Waals surface area contributed by atoms with E-state index < -0.39 is 0 Å². The van der Waals surface area contributed by atoms with Crippen molar-refractivity contribution >= 4 is 33.1 Å². The van der Waals surface area contributed by atoms with Gasteiger partial charge in [0.15, 0.2) is 0 Å². The van der Waals surface area contributed by atoms with Crippen molar-refractivity contribution in [1.29, 1.82) is 0 Å². The number of hydrogen-bond acceptors (Lipinski definition) is 4. The summed E-state index contributed by atoms with van der Waals surface area (Å²) in [7, 11) is 0. The van der Waals surface area contributed by atoms with Gasteiger partial charge in [0.05, 0.1) is 5.69 Å². The molecule has 5 heteroatoms. The number of nitrogens with zero attached hydrogens (tertiary/aromatic N) is 2. The SMILES string of the molecule is Cc1ccc2c(N)c(C(=O)N3CC4CCCC4C3)sc2n1. The Labute approximate surface area is 128 Å². The molecule has 1 aliphatic carbocycles. The number of amides is 1. The molecule has 2 aliphatic rings. The van der Waals surface area contributed by atoms with Crippen LogP contribution in [0.1, 0.15) is 34.6 Å². The van der Waals surface area contributed by atoms with Crippen LogP contribution in [0.5, 0.6) is 0 Å². The van der Waals surface area contributed by atoms with Crippen LogP contribution in [-0.4, -0.2) is 28.9 Å². The first-order valence-electron chi connectivity index (χ1n) is 7.58. The second-order valence-electron chi connectivity index (χ2n) is 6.31. The zero-order valence-corrected chi connectivity index (χ0v) is 12.9. The van der Waals surface area contributed by atoms with Crippen molar-refractivity contribution < 1.29 is 4.79 Å². The number of aryl methyl sites for hydroxylation is 1. The Morgan fingerprint density at radius 2 is 2.05 bits per heavy atom. The van der Waals surface area contributed by atoms with Gasteiger partial charge in [0.25, 0.3) is 5.91 Å². The molecule has 2 aromatic heterocycles. The van der Waals surface area contributed by atoms with E-state index in [0.29, 0.717) is 22.4 Å². The lowest BCUT2D eigenvalue weighted by molar-refractivity contribution is 0.0786. The van der Waals surface area contributed by atoms with Gasteiger partial charge in [-0.1, -0.05) is 6.42 Å². The topological polar surface area (TPSA) is 59.2 Å². The lowest BCUT2D eigenvalue weighted by Gasteiger charge is -2.16. The van der Waals surface area contributed by atoms with Crippen molar-refractivity contribution in [3.63, 3.8) is 0 Å². The second kappa shape index (κ2) is 4.70. The Balaban J connectivity index is 1.67. The molecule has 0 spiro atoms. The largest absolute Gasteiger partial charge is 0.397 e. The molecule has 2 aromatic rings. The first kappa shape index (κ1) is 13.1. The Morgan fingerprint density at radius 3 is 2.76 bits per heavy atom. The van der Waals surface area contributed by atoms with Crippen molar-refractivity contribution in [1.82, 2.24) is 9.88 Å². The van der Waals surface area contributed by atoms with E-state index in [-0.39, 0.29) is 5.91 Å². The standard InChI is InChI=1S/C16H19N3OS/c1-9-5-6-12-13(17)14(21-15(12)18-9)16(20)19-7-10-3-2-4-11(10)8-19/h5-6,10-11H,2-4,7-8,17H2,1H3. The van der Waals surface area contributed by atoms with Crippen LogP contribution in [0.2, 0.25) is 0 Å². The number of anilines is 1. The summed E-state index contributed by atoms with van der Waals surface area (Å²) < 4.78 is 0. The monoisotopic (exact) mass is 301 g/mol. The third-order valence-electron chi connectivity index (χ3n) is 4.94. The number of carbonyl (C=O) groups excluding carboxylic acids is 1. The van der Waals surface area contributed by atoms with E-state index in [1.54, 1.807) is 0 Å². The van der Waals surface area contributed by atoms with Gasteiger partial charge in [-0.2, -0.15) is 0 Å². The van der Waals surface area contributed by atoms with Gasteiger partial charge in [-0.05, 0) is 43.7 Å². The van der Waals surface area contributed by atoms with E-state index in [1.807, 2.05) is 24.0 Å². The third-order valence-corrected chi connectivity index (χ3v) is 6.04. The minimum absolute atomic E-state index is 0.0996. The van der Waals surface area contributed by atoms with Crippen LogP contribution in [0.4, 0.5) is 5.69 Å². The van der Waals surface area contributed by atoms with Crippen LogP contribution >= 0.6 is 11.3 Å². The van der Waals surface area contributed by atoms with Gasteiger partial charge in [0.2, 0.25) is 0 Å².